The Bertz CT molecular complexity index is 548. The van der Waals surface area contributed by atoms with Gasteiger partial charge < -0.3 is 10.4 Å². The average Bonchev–Trinajstić information content (AvgIpc) is 2.99. The van der Waals surface area contributed by atoms with Gasteiger partial charge in [-0.3, -0.25) is 4.79 Å². The van der Waals surface area contributed by atoms with Crippen LogP contribution in [-0.2, 0) is 0 Å². The van der Waals surface area contributed by atoms with Crippen LogP contribution in [0.2, 0.25) is 0 Å². The molecule has 1 saturated carbocycles. The van der Waals surface area contributed by atoms with E-state index in [9.17, 15) is 4.79 Å². The van der Waals surface area contributed by atoms with E-state index in [0.717, 1.165) is 24.4 Å². The summed E-state index contributed by atoms with van der Waals surface area (Å²) in [5, 5.41) is 11.8. The number of aliphatic hydroxyl groups is 1. The van der Waals surface area contributed by atoms with Gasteiger partial charge in [-0.2, -0.15) is 0 Å². The maximum Gasteiger partial charge on any atom is 0.252 e. The molecule has 1 aliphatic carbocycles. The van der Waals surface area contributed by atoms with Crippen LogP contribution in [0.1, 0.15) is 53.6 Å². The number of hydrogen-bond acceptors (Lipinski definition) is 2. The Morgan fingerprint density at radius 3 is 2.86 bits per heavy atom. The van der Waals surface area contributed by atoms with Crippen molar-refractivity contribution in [3.63, 3.8) is 0 Å². The minimum Gasteiger partial charge on any atom is -0.384 e. The van der Waals surface area contributed by atoms with Gasteiger partial charge in [-0.05, 0) is 31.4 Å². The monoisotopic (exact) mass is 285 g/mol. The van der Waals surface area contributed by atoms with Gasteiger partial charge in [-0.1, -0.05) is 49.2 Å². The van der Waals surface area contributed by atoms with Gasteiger partial charge in [-0.15, -0.1) is 0 Å². The normalized spacial score (nSPS) is 14.6. The molecular weight excluding hydrogens is 262 g/mol. The van der Waals surface area contributed by atoms with E-state index >= 15 is 0 Å². The number of nitrogens with one attached hydrogen (secondary N) is 1. The van der Waals surface area contributed by atoms with Crippen molar-refractivity contribution < 1.29 is 9.90 Å². The number of amides is 1. The van der Waals surface area contributed by atoms with E-state index in [0.29, 0.717) is 11.1 Å². The van der Waals surface area contributed by atoms with Gasteiger partial charge in [0.25, 0.3) is 5.91 Å². The highest BCUT2D eigenvalue weighted by Crippen LogP contribution is 2.26. The van der Waals surface area contributed by atoms with Crippen molar-refractivity contribution in [2.24, 2.45) is 5.92 Å². The SMILES string of the molecule is Cc1ccc(C#CCO)c(C(=O)NCCC2CCCC2)c1. The number of carbonyl (C=O) groups excluding carboxylic acids is 1. The molecule has 0 spiro atoms. The Hall–Kier alpha value is -1.79. The van der Waals surface area contributed by atoms with Crippen molar-refractivity contribution in [2.75, 3.05) is 13.2 Å². The Morgan fingerprint density at radius 2 is 2.14 bits per heavy atom. The third-order valence-corrected chi connectivity index (χ3v) is 4.03. The third-order valence-electron chi connectivity index (χ3n) is 4.03. The van der Waals surface area contributed by atoms with E-state index in [-0.39, 0.29) is 12.5 Å². The van der Waals surface area contributed by atoms with Crippen molar-refractivity contribution in [1.82, 2.24) is 5.32 Å². The Labute approximate surface area is 126 Å². The second-order valence-electron chi connectivity index (χ2n) is 5.70. The summed E-state index contributed by atoms with van der Waals surface area (Å²) in [6.07, 6.45) is 6.32. The minimum absolute atomic E-state index is 0.0704. The maximum atomic E-state index is 12.3. The molecule has 0 heterocycles. The Morgan fingerprint density at radius 1 is 1.38 bits per heavy atom. The predicted octanol–water partition coefficient (Wildman–Crippen LogP) is 2.65. The number of benzene rings is 1. The van der Waals surface area contributed by atoms with Gasteiger partial charge in [0.05, 0.1) is 5.56 Å². The zero-order valence-electron chi connectivity index (χ0n) is 12.6. The minimum atomic E-state index is -0.198. The molecule has 112 valence electrons. The summed E-state index contributed by atoms with van der Waals surface area (Å²) in [6, 6.07) is 5.62. The van der Waals surface area contributed by atoms with E-state index in [1.54, 1.807) is 0 Å². The van der Waals surface area contributed by atoms with E-state index in [4.69, 9.17) is 5.11 Å². The molecule has 21 heavy (non-hydrogen) atoms. The lowest BCUT2D eigenvalue weighted by molar-refractivity contribution is 0.0951. The van der Waals surface area contributed by atoms with Crippen LogP contribution in [0.3, 0.4) is 0 Å². The summed E-state index contributed by atoms with van der Waals surface area (Å²) in [5.41, 5.74) is 2.31. The van der Waals surface area contributed by atoms with Crippen molar-refractivity contribution in [1.29, 1.82) is 0 Å². The van der Waals surface area contributed by atoms with Crippen molar-refractivity contribution in [3.05, 3.63) is 34.9 Å². The second-order valence-corrected chi connectivity index (χ2v) is 5.70. The molecule has 1 aromatic rings. The highest BCUT2D eigenvalue weighted by Gasteiger charge is 2.15. The van der Waals surface area contributed by atoms with Crippen LogP contribution >= 0.6 is 0 Å². The van der Waals surface area contributed by atoms with E-state index < -0.39 is 0 Å². The maximum absolute atomic E-state index is 12.3. The molecule has 0 unspecified atom stereocenters. The number of carbonyl (C=O) groups is 1. The van der Waals surface area contributed by atoms with Crippen LogP contribution in [0.4, 0.5) is 0 Å². The summed E-state index contributed by atoms with van der Waals surface area (Å²) in [5.74, 6) is 6.15. The fourth-order valence-corrected chi connectivity index (χ4v) is 2.87. The second kappa shape index (κ2) is 7.85. The average molecular weight is 285 g/mol. The van der Waals surface area contributed by atoms with Crippen molar-refractivity contribution in [2.45, 2.75) is 39.0 Å². The molecule has 1 fully saturated rings. The molecular formula is C18H23NO2. The van der Waals surface area contributed by atoms with E-state index in [2.05, 4.69) is 17.2 Å². The van der Waals surface area contributed by atoms with Crippen LogP contribution in [0.5, 0.6) is 0 Å². The summed E-state index contributed by atoms with van der Waals surface area (Å²) in [4.78, 5) is 12.3. The van der Waals surface area contributed by atoms with Gasteiger partial charge in [0.15, 0.2) is 0 Å². The summed E-state index contributed by atoms with van der Waals surface area (Å²) in [7, 11) is 0. The number of aryl methyl sites for hydroxylation is 1. The van der Waals surface area contributed by atoms with Gasteiger partial charge >= 0.3 is 0 Å². The third kappa shape index (κ3) is 4.61. The summed E-state index contributed by atoms with van der Waals surface area (Å²) in [6.45, 7) is 2.49. The highest BCUT2D eigenvalue weighted by molar-refractivity contribution is 5.96. The smallest absolute Gasteiger partial charge is 0.252 e. The molecule has 1 aromatic carbocycles. The molecule has 0 radical (unpaired) electrons. The predicted molar refractivity (Wildman–Crippen MR) is 84.1 cm³/mol. The molecule has 2 rings (SSSR count). The molecule has 0 aromatic heterocycles. The molecule has 3 heteroatoms. The van der Waals surface area contributed by atoms with Gasteiger partial charge in [-0.25, -0.2) is 0 Å². The molecule has 0 aliphatic heterocycles. The number of hydrogen-bond donors (Lipinski definition) is 2. The lowest BCUT2D eigenvalue weighted by atomic mass is 10.0. The van der Waals surface area contributed by atoms with Gasteiger partial charge in [0, 0.05) is 12.1 Å². The summed E-state index contributed by atoms with van der Waals surface area (Å²) >= 11 is 0. The van der Waals surface area contributed by atoms with Crippen LogP contribution in [0.15, 0.2) is 18.2 Å². The first-order valence-electron chi connectivity index (χ1n) is 7.69. The molecule has 1 amide bonds. The highest BCUT2D eigenvalue weighted by atomic mass is 16.2. The zero-order valence-corrected chi connectivity index (χ0v) is 12.6. The topological polar surface area (TPSA) is 49.3 Å². The van der Waals surface area contributed by atoms with Crippen molar-refractivity contribution in [3.8, 4) is 11.8 Å². The first-order valence-corrected chi connectivity index (χ1v) is 7.69. The standard InChI is InChI=1S/C18H23NO2/c1-14-8-9-16(7-4-12-20)17(13-14)18(21)19-11-10-15-5-2-3-6-15/h8-9,13,15,20H,2-3,5-6,10-12H2,1H3,(H,19,21). The number of rotatable bonds is 4. The molecule has 0 saturated heterocycles. The Kier molecular flexibility index (Phi) is 5.83. The van der Waals surface area contributed by atoms with Crippen LogP contribution in [0, 0.1) is 24.7 Å². The molecule has 0 bridgehead atoms. The van der Waals surface area contributed by atoms with Gasteiger partial charge in [0.1, 0.15) is 6.61 Å². The first-order chi connectivity index (χ1) is 10.2. The first kappa shape index (κ1) is 15.6. The molecule has 1 aliphatic rings. The lowest BCUT2D eigenvalue weighted by Gasteiger charge is -2.11. The fourth-order valence-electron chi connectivity index (χ4n) is 2.87. The fraction of sp³-hybridized carbons (Fsp3) is 0.500. The van der Waals surface area contributed by atoms with Crippen molar-refractivity contribution >= 4 is 5.91 Å². The summed E-state index contributed by atoms with van der Waals surface area (Å²) < 4.78 is 0. The lowest BCUT2D eigenvalue weighted by Crippen LogP contribution is -2.26. The van der Waals surface area contributed by atoms with Gasteiger partial charge in [0.2, 0.25) is 0 Å². The molecule has 3 nitrogen and oxygen atoms in total. The molecule has 2 N–H and O–H groups in total. The van der Waals surface area contributed by atoms with Crippen LogP contribution in [-0.4, -0.2) is 24.2 Å². The largest absolute Gasteiger partial charge is 0.384 e. The van der Waals surface area contributed by atoms with Crippen LogP contribution in [0.25, 0.3) is 0 Å². The quantitative estimate of drug-likeness (QED) is 0.836. The molecule has 0 atom stereocenters. The number of aliphatic hydroxyl groups excluding tert-OH is 1. The Balaban J connectivity index is 1.98. The van der Waals surface area contributed by atoms with E-state index in [1.807, 2.05) is 25.1 Å². The zero-order chi connectivity index (χ0) is 15.1. The van der Waals surface area contributed by atoms with E-state index in [1.165, 1.54) is 25.7 Å². The van der Waals surface area contributed by atoms with Crippen LogP contribution < -0.4 is 5.32 Å².